The van der Waals surface area contributed by atoms with E-state index in [1.807, 2.05) is 24.3 Å². The summed E-state index contributed by atoms with van der Waals surface area (Å²) in [6, 6.07) is 17.7. The second-order valence-corrected chi connectivity index (χ2v) is 6.42. The van der Waals surface area contributed by atoms with Crippen LogP contribution in [0.4, 0.5) is 5.88 Å². The fraction of sp³-hybridized carbons (Fsp3) is 0.136. The Hall–Kier alpha value is -3.87. The molecule has 1 N–H and O–H groups in total. The van der Waals surface area contributed by atoms with Gasteiger partial charge >= 0.3 is 5.63 Å². The van der Waals surface area contributed by atoms with Gasteiger partial charge in [0.1, 0.15) is 17.0 Å². The molecule has 4 rings (SSSR count). The second kappa shape index (κ2) is 8.02. The summed E-state index contributed by atoms with van der Waals surface area (Å²) in [6.45, 7) is 1.86. The number of hydrogen-bond acceptors (Lipinski definition) is 6. The minimum absolute atomic E-state index is 0.232. The third kappa shape index (κ3) is 4.35. The lowest BCUT2D eigenvalue weighted by atomic mass is 10.1. The fourth-order valence-corrected chi connectivity index (χ4v) is 2.83. The number of carbonyl (C=O) groups excluding carboxylic acids is 1. The van der Waals surface area contributed by atoms with Gasteiger partial charge in [-0.2, -0.15) is 0 Å². The number of aryl methyl sites for hydroxylation is 1. The molecule has 0 spiro atoms. The van der Waals surface area contributed by atoms with Crippen LogP contribution in [0.2, 0.25) is 0 Å². The number of nitrogens with one attached hydrogen (secondary N) is 1. The highest BCUT2D eigenvalue weighted by Crippen LogP contribution is 2.23. The first-order chi connectivity index (χ1) is 14.1. The van der Waals surface area contributed by atoms with Crippen LogP contribution in [0.25, 0.3) is 22.2 Å². The van der Waals surface area contributed by atoms with Crippen LogP contribution in [0.1, 0.15) is 12.5 Å². The molecule has 0 fully saturated rings. The smallest absolute Gasteiger partial charge is 0.336 e. The van der Waals surface area contributed by atoms with Gasteiger partial charge in [0, 0.05) is 29.1 Å². The summed E-state index contributed by atoms with van der Waals surface area (Å²) in [4.78, 5) is 23.4. The quantitative estimate of drug-likeness (QED) is 0.500. The molecule has 4 aromatic rings. The Kier molecular flexibility index (Phi) is 5.11. The van der Waals surface area contributed by atoms with Gasteiger partial charge in [-0.3, -0.25) is 10.1 Å². The molecule has 0 atom stereocenters. The lowest BCUT2D eigenvalue weighted by Gasteiger charge is -2.06. The van der Waals surface area contributed by atoms with Gasteiger partial charge in [0.05, 0.1) is 0 Å². The van der Waals surface area contributed by atoms with Crippen molar-refractivity contribution in [1.82, 2.24) is 5.16 Å². The Morgan fingerprint density at radius 1 is 1.07 bits per heavy atom. The normalized spacial score (nSPS) is 10.8. The van der Waals surface area contributed by atoms with E-state index in [0.29, 0.717) is 17.0 Å². The minimum Gasteiger partial charge on any atom is -0.484 e. The molecule has 0 saturated heterocycles. The van der Waals surface area contributed by atoms with Gasteiger partial charge in [-0.05, 0) is 30.2 Å². The third-order valence-electron chi connectivity index (χ3n) is 4.40. The number of aromatic nitrogens is 1. The summed E-state index contributed by atoms with van der Waals surface area (Å²) in [5.41, 5.74) is 2.71. The Bertz CT molecular complexity index is 1210. The topological polar surface area (TPSA) is 94.6 Å². The van der Waals surface area contributed by atoms with Crippen LogP contribution < -0.4 is 15.7 Å². The van der Waals surface area contributed by atoms with Gasteiger partial charge in [-0.25, -0.2) is 4.79 Å². The van der Waals surface area contributed by atoms with Crippen molar-refractivity contribution in [2.75, 3.05) is 11.9 Å². The fourth-order valence-electron chi connectivity index (χ4n) is 2.83. The maximum atomic E-state index is 12.1. The molecular weight excluding hydrogens is 372 g/mol. The first-order valence-corrected chi connectivity index (χ1v) is 9.13. The number of fused-ring (bicyclic) bond motifs is 1. The van der Waals surface area contributed by atoms with E-state index < -0.39 is 11.5 Å². The molecule has 0 aliphatic rings. The van der Waals surface area contributed by atoms with Gasteiger partial charge < -0.3 is 13.7 Å². The van der Waals surface area contributed by atoms with Crippen LogP contribution in [0, 0.1) is 0 Å². The summed E-state index contributed by atoms with van der Waals surface area (Å²) in [5, 5.41) is 7.35. The number of benzene rings is 2. The van der Waals surface area contributed by atoms with Gasteiger partial charge in [-0.1, -0.05) is 36.3 Å². The van der Waals surface area contributed by atoms with Crippen molar-refractivity contribution in [3.8, 4) is 17.0 Å². The molecule has 0 aliphatic heterocycles. The lowest BCUT2D eigenvalue weighted by molar-refractivity contribution is -0.118. The number of hydrogen-bond donors (Lipinski definition) is 1. The van der Waals surface area contributed by atoms with E-state index in [-0.39, 0.29) is 12.5 Å². The van der Waals surface area contributed by atoms with Crippen molar-refractivity contribution in [2.45, 2.75) is 13.3 Å². The zero-order valence-electron chi connectivity index (χ0n) is 15.7. The third-order valence-corrected chi connectivity index (χ3v) is 4.40. The summed E-state index contributed by atoms with van der Waals surface area (Å²) < 4.78 is 15.8. The highest BCUT2D eigenvalue weighted by Gasteiger charge is 2.11. The maximum absolute atomic E-state index is 12.1. The van der Waals surface area contributed by atoms with E-state index in [1.54, 1.807) is 30.3 Å². The van der Waals surface area contributed by atoms with Crippen molar-refractivity contribution in [3.63, 3.8) is 0 Å². The van der Waals surface area contributed by atoms with Crippen LogP contribution in [-0.2, 0) is 11.2 Å². The predicted molar refractivity (Wildman–Crippen MR) is 108 cm³/mol. The van der Waals surface area contributed by atoms with Crippen LogP contribution >= 0.6 is 0 Å². The molecule has 2 aromatic heterocycles. The first kappa shape index (κ1) is 18.5. The molecule has 2 aromatic carbocycles. The lowest BCUT2D eigenvalue weighted by Crippen LogP contribution is -2.19. The number of ether oxygens (including phenoxy) is 1. The average molecular weight is 390 g/mol. The molecule has 2 heterocycles. The molecule has 146 valence electrons. The SMILES string of the molecule is CCc1ccc(-c2cc(NC(=O)COc3ccc4ccc(=O)oc4c3)on2)cc1. The van der Waals surface area contributed by atoms with Gasteiger partial charge in [-0.15, -0.1) is 0 Å². The van der Waals surface area contributed by atoms with E-state index in [9.17, 15) is 9.59 Å². The Morgan fingerprint density at radius 3 is 2.66 bits per heavy atom. The van der Waals surface area contributed by atoms with Crippen LogP contribution in [0.15, 0.2) is 74.4 Å². The molecule has 7 heteroatoms. The van der Waals surface area contributed by atoms with Crippen LogP contribution in [-0.4, -0.2) is 17.7 Å². The van der Waals surface area contributed by atoms with E-state index in [4.69, 9.17) is 13.7 Å². The largest absolute Gasteiger partial charge is 0.484 e. The summed E-state index contributed by atoms with van der Waals surface area (Å²) in [5.74, 6) is 0.248. The number of nitrogens with zero attached hydrogens (tertiary/aromatic N) is 1. The van der Waals surface area contributed by atoms with Gasteiger partial charge in [0.25, 0.3) is 5.91 Å². The minimum atomic E-state index is -0.446. The predicted octanol–water partition coefficient (Wildman–Crippen LogP) is 4.03. The first-order valence-electron chi connectivity index (χ1n) is 9.13. The number of amides is 1. The molecule has 29 heavy (non-hydrogen) atoms. The second-order valence-electron chi connectivity index (χ2n) is 6.42. The molecule has 0 saturated carbocycles. The summed E-state index contributed by atoms with van der Waals surface area (Å²) in [6.07, 6.45) is 0.962. The highest BCUT2D eigenvalue weighted by molar-refractivity contribution is 5.91. The summed E-state index contributed by atoms with van der Waals surface area (Å²) in [7, 11) is 0. The van der Waals surface area contributed by atoms with E-state index >= 15 is 0 Å². The van der Waals surface area contributed by atoms with E-state index in [0.717, 1.165) is 17.4 Å². The van der Waals surface area contributed by atoms with Crippen LogP contribution in [0.5, 0.6) is 5.75 Å². The zero-order valence-corrected chi connectivity index (χ0v) is 15.7. The molecule has 0 bridgehead atoms. The maximum Gasteiger partial charge on any atom is 0.336 e. The number of anilines is 1. The van der Waals surface area contributed by atoms with Crippen molar-refractivity contribution in [3.05, 3.63) is 76.6 Å². The Balaban J connectivity index is 1.37. The molecule has 0 aliphatic carbocycles. The van der Waals surface area contributed by atoms with Crippen molar-refractivity contribution in [1.29, 1.82) is 0 Å². The average Bonchev–Trinajstić information content (AvgIpc) is 3.20. The van der Waals surface area contributed by atoms with Gasteiger partial charge in [0.15, 0.2) is 6.61 Å². The molecule has 0 unspecified atom stereocenters. The van der Waals surface area contributed by atoms with Crippen molar-refractivity contribution in [2.24, 2.45) is 0 Å². The Labute approximate surface area is 165 Å². The van der Waals surface area contributed by atoms with E-state index in [2.05, 4.69) is 17.4 Å². The van der Waals surface area contributed by atoms with Crippen molar-refractivity contribution >= 4 is 22.8 Å². The van der Waals surface area contributed by atoms with Crippen LogP contribution in [0.3, 0.4) is 0 Å². The zero-order chi connectivity index (χ0) is 20.2. The summed E-state index contributed by atoms with van der Waals surface area (Å²) >= 11 is 0. The standard InChI is InChI=1S/C22H18N2O5/c1-2-14-3-5-15(6-4-14)18-12-21(29-24-18)23-20(25)13-27-17-9-7-16-8-10-22(26)28-19(16)11-17/h3-12H,2,13H2,1H3,(H,23,25). The molecule has 1 amide bonds. The molecule has 7 nitrogen and oxygen atoms in total. The molecular formula is C22H18N2O5. The number of rotatable bonds is 6. The van der Waals surface area contributed by atoms with Crippen molar-refractivity contribution < 1.29 is 18.5 Å². The monoisotopic (exact) mass is 390 g/mol. The highest BCUT2D eigenvalue weighted by atomic mass is 16.5. The Morgan fingerprint density at radius 2 is 1.86 bits per heavy atom. The molecule has 0 radical (unpaired) electrons. The van der Waals surface area contributed by atoms with Gasteiger partial charge in [0.2, 0.25) is 5.88 Å². The van der Waals surface area contributed by atoms with E-state index in [1.165, 1.54) is 11.6 Å². The number of carbonyl (C=O) groups is 1.